The summed E-state index contributed by atoms with van der Waals surface area (Å²) in [6.07, 6.45) is 1.98. The topological polar surface area (TPSA) is 122 Å². The predicted octanol–water partition coefficient (Wildman–Crippen LogP) is 0.702. The van der Waals surface area contributed by atoms with Crippen LogP contribution in [0.1, 0.15) is 10.4 Å². The van der Waals surface area contributed by atoms with Crippen molar-refractivity contribution in [1.29, 1.82) is 0 Å². The molecule has 1 unspecified atom stereocenters. The molecule has 1 aromatic carbocycles. The quantitative estimate of drug-likeness (QED) is 0.716. The molecule has 1 aromatic heterocycles. The molecule has 1 amide bonds. The Kier molecular flexibility index (Phi) is 4.17. The Labute approximate surface area is 136 Å². The normalized spacial score (nSPS) is 18.6. The highest BCUT2D eigenvalue weighted by Gasteiger charge is 2.34. The third kappa shape index (κ3) is 2.92. The van der Waals surface area contributed by atoms with Crippen molar-refractivity contribution in [3.8, 4) is 0 Å². The first-order valence-corrected chi connectivity index (χ1v) is 6.99. The number of hydrogen-bond donors (Lipinski definition) is 3. The molecule has 0 spiro atoms. The van der Waals surface area contributed by atoms with Crippen LogP contribution < -0.4 is 16.9 Å². The molecule has 1 aliphatic rings. The first kappa shape index (κ1) is 15.6. The predicted molar refractivity (Wildman–Crippen MR) is 87.5 cm³/mol. The number of carbonyl (C=O) groups is 1. The number of nitrogens with zero attached hydrogens (tertiary/aromatic N) is 4. The minimum atomic E-state index is -0.982. The van der Waals surface area contributed by atoms with Gasteiger partial charge in [0.2, 0.25) is 0 Å². The van der Waals surface area contributed by atoms with E-state index in [0.29, 0.717) is 5.56 Å². The number of nitrogens with two attached hydrogens (primary N) is 2. The van der Waals surface area contributed by atoms with Crippen LogP contribution in [0, 0.1) is 5.82 Å². The van der Waals surface area contributed by atoms with Gasteiger partial charge in [0, 0.05) is 18.0 Å². The van der Waals surface area contributed by atoms with Gasteiger partial charge in [0.05, 0.1) is 5.69 Å². The Morgan fingerprint density at radius 2 is 1.96 bits per heavy atom. The maximum absolute atomic E-state index is 13.6. The first-order chi connectivity index (χ1) is 11.6. The molecule has 0 aliphatic carbocycles. The molecule has 3 rings (SSSR count). The van der Waals surface area contributed by atoms with E-state index >= 15 is 0 Å². The second-order valence-electron chi connectivity index (χ2n) is 4.90. The van der Waals surface area contributed by atoms with Crippen LogP contribution >= 0.6 is 0 Å². The van der Waals surface area contributed by atoms with Gasteiger partial charge in [-0.25, -0.2) is 9.40 Å². The van der Waals surface area contributed by atoms with Gasteiger partial charge in [-0.2, -0.15) is 5.10 Å². The monoisotopic (exact) mass is 327 g/mol. The Morgan fingerprint density at radius 1 is 1.25 bits per heavy atom. The summed E-state index contributed by atoms with van der Waals surface area (Å²) < 4.78 is 13.6. The van der Waals surface area contributed by atoms with E-state index in [2.05, 4.69) is 20.6 Å². The molecule has 2 aromatic rings. The number of nitrogens with one attached hydrogen (secondary N) is 1. The first-order valence-electron chi connectivity index (χ1n) is 6.99. The van der Waals surface area contributed by atoms with Crippen LogP contribution in [0.2, 0.25) is 0 Å². The highest BCUT2D eigenvalue weighted by atomic mass is 19.1. The van der Waals surface area contributed by atoms with Gasteiger partial charge < -0.3 is 11.5 Å². The van der Waals surface area contributed by atoms with E-state index in [4.69, 9.17) is 11.5 Å². The lowest BCUT2D eigenvalue weighted by Crippen LogP contribution is -2.45. The number of hydrazone groups is 2. The van der Waals surface area contributed by atoms with E-state index in [0.717, 1.165) is 5.01 Å². The number of amides is 1. The van der Waals surface area contributed by atoms with Gasteiger partial charge in [-0.15, -0.1) is 5.10 Å². The van der Waals surface area contributed by atoms with Gasteiger partial charge in [0.15, 0.2) is 12.0 Å². The van der Waals surface area contributed by atoms with E-state index in [1.807, 2.05) is 0 Å². The molecule has 0 saturated carbocycles. The minimum absolute atomic E-state index is 0.0197. The van der Waals surface area contributed by atoms with Crippen LogP contribution in [0.15, 0.2) is 59.0 Å². The van der Waals surface area contributed by atoms with Crippen LogP contribution in [-0.2, 0) is 0 Å². The fourth-order valence-corrected chi connectivity index (χ4v) is 2.09. The van der Waals surface area contributed by atoms with E-state index in [9.17, 15) is 9.18 Å². The molecule has 0 radical (unpaired) electrons. The SMILES string of the molecule is NC1=NN(C(=O)c2ccncc2)C(N)C1=NNc1ccccc1F. The molecule has 9 heteroatoms. The number of hydrogen-bond acceptors (Lipinski definition) is 7. The lowest BCUT2D eigenvalue weighted by Gasteiger charge is -2.17. The molecular formula is C15H14FN7O. The van der Waals surface area contributed by atoms with Gasteiger partial charge in [-0.3, -0.25) is 15.2 Å². The summed E-state index contributed by atoms with van der Waals surface area (Å²) >= 11 is 0. The van der Waals surface area contributed by atoms with Crippen LogP contribution in [0.4, 0.5) is 10.1 Å². The van der Waals surface area contributed by atoms with Crippen molar-refractivity contribution in [3.05, 3.63) is 60.2 Å². The summed E-state index contributed by atoms with van der Waals surface area (Å²) in [6.45, 7) is 0. The van der Waals surface area contributed by atoms with Crippen molar-refractivity contribution in [3.63, 3.8) is 0 Å². The van der Waals surface area contributed by atoms with E-state index in [1.54, 1.807) is 12.1 Å². The number of aromatic nitrogens is 1. The van der Waals surface area contributed by atoms with Crippen molar-refractivity contribution in [2.24, 2.45) is 21.7 Å². The Bertz CT molecular complexity index is 822. The molecule has 2 heterocycles. The van der Waals surface area contributed by atoms with Crippen LogP contribution in [0.5, 0.6) is 0 Å². The molecule has 1 atom stereocenters. The third-order valence-corrected chi connectivity index (χ3v) is 3.33. The zero-order valence-electron chi connectivity index (χ0n) is 12.4. The van der Waals surface area contributed by atoms with Gasteiger partial charge in [-0.05, 0) is 24.3 Å². The van der Waals surface area contributed by atoms with Crippen molar-refractivity contribution < 1.29 is 9.18 Å². The number of para-hydroxylation sites is 1. The summed E-state index contributed by atoms with van der Waals surface area (Å²) in [5.74, 6) is -0.939. The highest BCUT2D eigenvalue weighted by Crippen LogP contribution is 2.15. The third-order valence-electron chi connectivity index (χ3n) is 3.33. The average molecular weight is 327 g/mol. The Hall–Kier alpha value is -3.33. The number of amidine groups is 1. The summed E-state index contributed by atoms with van der Waals surface area (Å²) in [5.41, 5.74) is 15.0. The minimum Gasteiger partial charge on any atom is -0.381 e. The van der Waals surface area contributed by atoms with Crippen LogP contribution in [0.25, 0.3) is 0 Å². The zero-order valence-corrected chi connectivity index (χ0v) is 12.4. The van der Waals surface area contributed by atoms with Crippen molar-refractivity contribution in [1.82, 2.24) is 9.99 Å². The van der Waals surface area contributed by atoms with E-state index in [1.165, 1.54) is 36.7 Å². The number of halogens is 1. The summed E-state index contributed by atoms with van der Waals surface area (Å²) in [4.78, 5) is 16.2. The highest BCUT2D eigenvalue weighted by molar-refractivity contribution is 6.44. The molecule has 122 valence electrons. The molecule has 0 saturated heterocycles. The molecule has 5 N–H and O–H groups in total. The lowest BCUT2D eigenvalue weighted by molar-refractivity contribution is 0.0744. The van der Waals surface area contributed by atoms with Crippen molar-refractivity contribution in [2.75, 3.05) is 5.43 Å². The number of rotatable bonds is 3. The van der Waals surface area contributed by atoms with Crippen LogP contribution in [0.3, 0.4) is 0 Å². The summed E-state index contributed by atoms with van der Waals surface area (Å²) in [6, 6.07) is 9.07. The maximum atomic E-state index is 13.6. The molecule has 1 aliphatic heterocycles. The maximum Gasteiger partial charge on any atom is 0.276 e. The number of benzene rings is 1. The second kappa shape index (κ2) is 6.42. The zero-order chi connectivity index (χ0) is 17.1. The molecule has 0 fully saturated rings. The summed E-state index contributed by atoms with van der Waals surface area (Å²) in [5, 5.41) is 8.93. The number of pyridine rings is 1. The molecular weight excluding hydrogens is 313 g/mol. The van der Waals surface area contributed by atoms with Crippen LogP contribution in [-0.4, -0.2) is 33.6 Å². The van der Waals surface area contributed by atoms with Gasteiger partial charge >= 0.3 is 0 Å². The Morgan fingerprint density at radius 3 is 2.67 bits per heavy atom. The molecule has 0 bridgehead atoms. The van der Waals surface area contributed by atoms with Crippen molar-refractivity contribution >= 4 is 23.1 Å². The van der Waals surface area contributed by atoms with Crippen molar-refractivity contribution in [2.45, 2.75) is 6.17 Å². The molecule has 24 heavy (non-hydrogen) atoms. The smallest absolute Gasteiger partial charge is 0.276 e. The molecule has 8 nitrogen and oxygen atoms in total. The number of anilines is 1. The largest absolute Gasteiger partial charge is 0.381 e. The number of carbonyl (C=O) groups excluding carboxylic acids is 1. The fourth-order valence-electron chi connectivity index (χ4n) is 2.09. The van der Waals surface area contributed by atoms with E-state index < -0.39 is 17.9 Å². The fraction of sp³-hybridized carbons (Fsp3) is 0.0667. The van der Waals surface area contributed by atoms with Gasteiger partial charge in [0.25, 0.3) is 5.91 Å². The van der Waals surface area contributed by atoms with E-state index in [-0.39, 0.29) is 17.2 Å². The standard InChI is InChI=1S/C15H14FN7O/c16-10-3-1-2-4-11(10)20-21-12-13(17)22-23(14(12)18)15(24)9-5-7-19-8-6-9/h1-8,14,20H,18H2,(H2,17,22). The second-order valence-corrected chi connectivity index (χ2v) is 4.90. The summed E-state index contributed by atoms with van der Waals surface area (Å²) in [7, 11) is 0. The lowest BCUT2D eigenvalue weighted by atomic mass is 10.2. The van der Waals surface area contributed by atoms with Gasteiger partial charge in [-0.1, -0.05) is 12.1 Å². The average Bonchev–Trinajstić information content (AvgIpc) is 2.89. The Balaban J connectivity index is 1.80. The van der Waals surface area contributed by atoms with Gasteiger partial charge in [0.1, 0.15) is 11.5 Å².